The summed E-state index contributed by atoms with van der Waals surface area (Å²) in [6.45, 7) is 4.14. The molecule has 2 N–H and O–H groups in total. The van der Waals surface area contributed by atoms with Crippen LogP contribution in [-0.2, 0) is 6.54 Å². The lowest BCUT2D eigenvalue weighted by atomic mass is 10.3. The molecule has 1 aromatic carbocycles. The van der Waals surface area contributed by atoms with Gasteiger partial charge in [0.15, 0.2) is 0 Å². The van der Waals surface area contributed by atoms with E-state index in [0.717, 1.165) is 4.68 Å². The Morgan fingerprint density at radius 3 is 2.75 bits per heavy atom. The average molecular weight is 289 g/mol. The lowest BCUT2D eigenvalue weighted by molar-refractivity contribution is 0.250. The zero-order valence-corrected chi connectivity index (χ0v) is 11.9. The summed E-state index contributed by atoms with van der Waals surface area (Å²) in [6, 6.07) is 8.73. The van der Waals surface area contributed by atoms with Crippen LogP contribution in [0.5, 0.6) is 0 Å². The van der Waals surface area contributed by atoms with E-state index in [2.05, 4.69) is 22.3 Å². The predicted octanol–water partition coefficient (Wildman–Crippen LogP) is 2.72. The molecule has 6 nitrogen and oxygen atoms in total. The van der Waals surface area contributed by atoms with Crippen molar-refractivity contribution in [3.8, 4) is 0 Å². The van der Waals surface area contributed by atoms with Crippen LogP contribution < -0.4 is 10.6 Å². The number of benzene rings is 1. The second-order valence-corrected chi connectivity index (χ2v) is 4.33. The normalized spacial score (nSPS) is 10.1. The number of aromatic nitrogens is 3. The molecule has 0 saturated heterocycles. The Morgan fingerprint density at radius 2 is 2.15 bits per heavy atom. The van der Waals surface area contributed by atoms with Gasteiger partial charge in [-0.25, -0.2) is 4.79 Å². The van der Waals surface area contributed by atoms with Gasteiger partial charge in [-0.05, 0) is 24.4 Å². The molecule has 7 heteroatoms. The minimum Gasteiger partial charge on any atom is -0.357 e. The molecular weight excluding hydrogens is 274 g/mol. The highest BCUT2D eigenvalue weighted by Gasteiger charge is 2.14. The number of para-hydroxylation sites is 1. The number of rotatable bonds is 4. The maximum atomic E-state index is 12.2. The molecule has 0 aliphatic heterocycles. The van der Waals surface area contributed by atoms with Gasteiger partial charge in [0.05, 0.1) is 0 Å². The summed E-state index contributed by atoms with van der Waals surface area (Å²) in [7, 11) is 1.72. The third-order valence-corrected chi connectivity index (χ3v) is 3.01. The number of hydrogen-bond acceptors (Lipinski definition) is 4. The van der Waals surface area contributed by atoms with Crippen LogP contribution in [0.2, 0.25) is 0 Å². The Morgan fingerprint density at radius 1 is 1.45 bits per heavy atom. The molecule has 1 heterocycles. The molecule has 2 aromatic rings. The zero-order chi connectivity index (χ0) is 14.5. The number of hydrogen-bond donors (Lipinski definition) is 2. The van der Waals surface area contributed by atoms with Crippen LogP contribution in [0.25, 0.3) is 0 Å². The molecular formula is C13H15N5OS. The summed E-state index contributed by atoms with van der Waals surface area (Å²) in [5.41, 5.74) is 0.684. The first-order valence-electron chi connectivity index (χ1n) is 6.02. The fourth-order valence-corrected chi connectivity index (χ4v) is 1.99. The van der Waals surface area contributed by atoms with Gasteiger partial charge in [-0.1, -0.05) is 24.3 Å². The molecule has 0 unspecified atom stereocenters. The number of anilines is 2. The van der Waals surface area contributed by atoms with Gasteiger partial charge >= 0.3 is 6.03 Å². The Bertz CT molecular complexity index is 674. The van der Waals surface area contributed by atoms with E-state index in [0.29, 0.717) is 23.0 Å². The van der Waals surface area contributed by atoms with Gasteiger partial charge in [-0.3, -0.25) is 4.57 Å². The standard InChI is InChI=1S/C13H15N5OS/c1-3-9-17-11(14-2)16-18(13(17)20)12(19)15-10-7-5-4-6-8-10/h3-8H,1,9H2,2H3,(H,14,16)(H,15,19). The van der Waals surface area contributed by atoms with Crippen molar-refractivity contribution < 1.29 is 4.79 Å². The van der Waals surface area contributed by atoms with Gasteiger partial charge in [0.1, 0.15) is 0 Å². The highest BCUT2D eigenvalue weighted by Crippen LogP contribution is 2.09. The van der Waals surface area contributed by atoms with Gasteiger partial charge in [0.2, 0.25) is 10.7 Å². The van der Waals surface area contributed by atoms with Gasteiger partial charge in [-0.15, -0.1) is 11.7 Å². The molecule has 0 radical (unpaired) electrons. The lowest BCUT2D eigenvalue weighted by Gasteiger charge is -2.03. The van der Waals surface area contributed by atoms with E-state index >= 15 is 0 Å². The molecule has 1 amide bonds. The highest BCUT2D eigenvalue weighted by molar-refractivity contribution is 7.71. The average Bonchev–Trinajstić information content (AvgIpc) is 2.77. The Hall–Kier alpha value is -2.41. The van der Waals surface area contributed by atoms with Crippen LogP contribution in [0.1, 0.15) is 0 Å². The molecule has 0 bridgehead atoms. The number of allylic oxidation sites excluding steroid dienone is 1. The maximum absolute atomic E-state index is 12.2. The molecule has 0 aliphatic rings. The number of carbonyl (C=O) groups is 1. The zero-order valence-electron chi connectivity index (χ0n) is 11.0. The Kier molecular flexibility index (Phi) is 4.31. The summed E-state index contributed by atoms with van der Waals surface area (Å²) >= 11 is 5.25. The number of carbonyl (C=O) groups excluding carboxylic acids is 1. The number of nitrogens with one attached hydrogen (secondary N) is 2. The summed E-state index contributed by atoms with van der Waals surface area (Å²) < 4.78 is 3.15. The fourth-order valence-electron chi connectivity index (χ4n) is 1.71. The number of amides is 1. The predicted molar refractivity (Wildman–Crippen MR) is 81.7 cm³/mol. The molecule has 2 rings (SSSR count). The van der Waals surface area contributed by atoms with Crippen molar-refractivity contribution in [2.75, 3.05) is 17.7 Å². The number of nitrogens with zero attached hydrogens (tertiary/aromatic N) is 3. The first-order chi connectivity index (χ1) is 9.67. The summed E-state index contributed by atoms with van der Waals surface area (Å²) in [5.74, 6) is 0.512. The summed E-state index contributed by atoms with van der Waals surface area (Å²) in [5, 5.41) is 9.78. The molecule has 104 valence electrons. The van der Waals surface area contributed by atoms with Crippen LogP contribution in [0.15, 0.2) is 43.0 Å². The monoisotopic (exact) mass is 289 g/mol. The second kappa shape index (κ2) is 6.16. The van der Waals surface area contributed by atoms with E-state index in [9.17, 15) is 4.79 Å². The third-order valence-electron chi connectivity index (χ3n) is 2.62. The van der Waals surface area contributed by atoms with Crippen LogP contribution in [-0.4, -0.2) is 27.4 Å². The van der Waals surface area contributed by atoms with Crippen LogP contribution in [0.3, 0.4) is 0 Å². The maximum Gasteiger partial charge on any atom is 0.349 e. The topological polar surface area (TPSA) is 63.9 Å². The van der Waals surface area contributed by atoms with Crippen molar-refractivity contribution >= 4 is 29.9 Å². The van der Waals surface area contributed by atoms with E-state index in [-0.39, 0.29) is 0 Å². The molecule has 0 atom stereocenters. The Balaban J connectivity index is 2.31. The smallest absolute Gasteiger partial charge is 0.349 e. The summed E-state index contributed by atoms with van der Waals surface area (Å²) in [4.78, 5) is 12.2. The van der Waals surface area contributed by atoms with Crippen molar-refractivity contribution in [2.24, 2.45) is 0 Å². The largest absolute Gasteiger partial charge is 0.357 e. The van der Waals surface area contributed by atoms with Crippen molar-refractivity contribution in [1.29, 1.82) is 0 Å². The SMILES string of the molecule is C=CCn1c(NC)nn(C(=O)Nc2ccccc2)c1=S. The van der Waals surface area contributed by atoms with Gasteiger partial charge in [0, 0.05) is 19.3 Å². The van der Waals surface area contributed by atoms with E-state index in [1.165, 1.54) is 0 Å². The van der Waals surface area contributed by atoms with Crippen LogP contribution in [0.4, 0.5) is 16.4 Å². The van der Waals surface area contributed by atoms with Gasteiger partial charge in [-0.2, -0.15) is 4.68 Å². The molecule has 20 heavy (non-hydrogen) atoms. The molecule has 0 spiro atoms. The van der Waals surface area contributed by atoms with E-state index in [1.807, 2.05) is 18.2 Å². The van der Waals surface area contributed by atoms with Crippen molar-refractivity contribution in [1.82, 2.24) is 14.3 Å². The highest BCUT2D eigenvalue weighted by atomic mass is 32.1. The van der Waals surface area contributed by atoms with Crippen LogP contribution in [0, 0.1) is 4.77 Å². The third kappa shape index (κ3) is 2.77. The molecule has 0 aliphatic carbocycles. The Labute approximate surface area is 121 Å². The molecule has 0 saturated carbocycles. The van der Waals surface area contributed by atoms with Crippen LogP contribution >= 0.6 is 12.2 Å². The van der Waals surface area contributed by atoms with Crippen molar-refractivity contribution in [3.63, 3.8) is 0 Å². The van der Waals surface area contributed by atoms with Gasteiger partial charge < -0.3 is 10.6 Å². The summed E-state index contributed by atoms with van der Waals surface area (Å²) in [6.07, 6.45) is 1.69. The minimum atomic E-state index is -0.402. The quantitative estimate of drug-likeness (QED) is 0.671. The minimum absolute atomic E-state index is 0.308. The van der Waals surface area contributed by atoms with E-state index < -0.39 is 6.03 Å². The molecule has 1 aromatic heterocycles. The fraction of sp³-hybridized carbons (Fsp3) is 0.154. The molecule has 0 fully saturated rings. The van der Waals surface area contributed by atoms with Crippen molar-refractivity contribution in [3.05, 3.63) is 47.8 Å². The first-order valence-corrected chi connectivity index (χ1v) is 6.43. The lowest BCUT2D eigenvalue weighted by Crippen LogP contribution is -2.21. The second-order valence-electron chi connectivity index (χ2n) is 3.96. The van der Waals surface area contributed by atoms with Crippen molar-refractivity contribution in [2.45, 2.75) is 6.54 Å². The van der Waals surface area contributed by atoms with Gasteiger partial charge in [0.25, 0.3) is 0 Å². The first kappa shape index (κ1) is 14.0. The van der Waals surface area contributed by atoms with E-state index in [1.54, 1.807) is 29.8 Å². The van der Waals surface area contributed by atoms with E-state index in [4.69, 9.17) is 12.2 Å².